The fourth-order valence-corrected chi connectivity index (χ4v) is 3.24. The van der Waals surface area contributed by atoms with Crippen LogP contribution in [0.15, 0.2) is 12.3 Å². The van der Waals surface area contributed by atoms with E-state index < -0.39 is 4.92 Å². The highest BCUT2D eigenvalue weighted by Gasteiger charge is 2.27. The maximum absolute atomic E-state index is 10.7. The second-order valence-corrected chi connectivity index (χ2v) is 5.49. The van der Waals surface area contributed by atoms with Crippen molar-refractivity contribution in [2.75, 3.05) is 11.6 Å². The minimum absolute atomic E-state index is 0.157. The van der Waals surface area contributed by atoms with Crippen molar-refractivity contribution in [3.05, 3.63) is 27.9 Å². The van der Waals surface area contributed by atoms with Crippen LogP contribution in [-0.4, -0.2) is 27.5 Å². The molecule has 0 aliphatic heterocycles. The molecule has 2 atom stereocenters. The van der Waals surface area contributed by atoms with Crippen molar-refractivity contribution in [2.45, 2.75) is 30.6 Å². The van der Waals surface area contributed by atoms with Crippen molar-refractivity contribution in [3.8, 4) is 6.07 Å². The molecule has 0 saturated heterocycles. The molecule has 7 heteroatoms. The van der Waals surface area contributed by atoms with Gasteiger partial charge in [0, 0.05) is 17.4 Å². The predicted molar refractivity (Wildman–Crippen MR) is 74.2 cm³/mol. The van der Waals surface area contributed by atoms with Gasteiger partial charge in [0.1, 0.15) is 23.6 Å². The molecule has 1 aromatic rings. The van der Waals surface area contributed by atoms with Crippen molar-refractivity contribution in [2.24, 2.45) is 0 Å². The highest BCUT2D eigenvalue weighted by atomic mass is 32.2. The number of nitro groups is 1. The fraction of sp³-hybridized carbons (Fsp3) is 0.500. The molecule has 1 N–H and O–H groups in total. The molecule has 2 unspecified atom stereocenters. The summed E-state index contributed by atoms with van der Waals surface area (Å²) in [7, 11) is 0. The molecule has 1 saturated carbocycles. The number of nitriles is 1. The third-order valence-corrected chi connectivity index (χ3v) is 4.45. The van der Waals surface area contributed by atoms with E-state index in [-0.39, 0.29) is 17.3 Å². The number of hydrogen-bond acceptors (Lipinski definition) is 6. The minimum atomic E-state index is -0.544. The Labute approximate surface area is 115 Å². The molecular weight excluding hydrogens is 264 g/mol. The molecule has 6 nitrogen and oxygen atoms in total. The molecule has 0 aromatic carbocycles. The lowest BCUT2D eigenvalue weighted by molar-refractivity contribution is -0.385. The number of nitrogens with one attached hydrogen (secondary N) is 1. The quantitative estimate of drug-likeness (QED) is 0.672. The van der Waals surface area contributed by atoms with Crippen LogP contribution in [0.25, 0.3) is 0 Å². The highest BCUT2D eigenvalue weighted by molar-refractivity contribution is 7.99. The molecule has 1 aliphatic carbocycles. The lowest BCUT2D eigenvalue weighted by atomic mass is 10.2. The van der Waals surface area contributed by atoms with E-state index in [1.165, 1.54) is 12.3 Å². The first-order valence-corrected chi connectivity index (χ1v) is 7.28. The van der Waals surface area contributed by atoms with Crippen molar-refractivity contribution < 1.29 is 4.92 Å². The molecule has 1 heterocycles. The first kappa shape index (κ1) is 13.6. The highest BCUT2D eigenvalue weighted by Crippen LogP contribution is 2.31. The Hall–Kier alpha value is -1.81. The molecule has 1 aliphatic rings. The Morgan fingerprint density at radius 1 is 1.63 bits per heavy atom. The van der Waals surface area contributed by atoms with Gasteiger partial charge in [-0.05, 0) is 19.1 Å². The second kappa shape index (κ2) is 5.89. The van der Waals surface area contributed by atoms with Gasteiger partial charge in [-0.1, -0.05) is 6.42 Å². The number of nitrogens with zero attached hydrogens (tertiary/aromatic N) is 3. The second-order valence-electron chi connectivity index (χ2n) is 4.41. The van der Waals surface area contributed by atoms with Crippen LogP contribution in [0.4, 0.5) is 11.5 Å². The minimum Gasteiger partial charge on any atom is -0.365 e. The number of aromatic nitrogens is 1. The van der Waals surface area contributed by atoms with E-state index in [0.29, 0.717) is 11.1 Å². The van der Waals surface area contributed by atoms with E-state index in [1.54, 1.807) is 11.8 Å². The van der Waals surface area contributed by atoms with E-state index in [2.05, 4.69) is 16.6 Å². The average Bonchev–Trinajstić information content (AvgIpc) is 2.86. The van der Waals surface area contributed by atoms with Crippen molar-refractivity contribution in [1.29, 1.82) is 5.26 Å². The van der Waals surface area contributed by atoms with Crippen LogP contribution in [0.2, 0.25) is 0 Å². The summed E-state index contributed by atoms with van der Waals surface area (Å²) in [6, 6.07) is 3.50. The number of hydrogen-bond donors (Lipinski definition) is 1. The molecule has 2 rings (SSSR count). The zero-order valence-corrected chi connectivity index (χ0v) is 11.3. The van der Waals surface area contributed by atoms with Gasteiger partial charge in [0.15, 0.2) is 0 Å². The van der Waals surface area contributed by atoms with Gasteiger partial charge in [0.25, 0.3) is 5.69 Å². The van der Waals surface area contributed by atoms with Gasteiger partial charge < -0.3 is 5.32 Å². The van der Waals surface area contributed by atoms with Gasteiger partial charge >= 0.3 is 0 Å². The maximum Gasteiger partial charge on any atom is 0.289 e. The standard InChI is InChI=1S/C12H14N4O2S/c1-19-11-4-2-3-10(11)15-12-8(6-13)5-9(7-14-12)16(17)18/h5,7,10-11H,2-4H2,1H3,(H,14,15). The Kier molecular flexibility index (Phi) is 4.22. The fourth-order valence-electron chi connectivity index (χ4n) is 2.30. The lowest BCUT2D eigenvalue weighted by Crippen LogP contribution is -2.26. The molecule has 0 amide bonds. The maximum atomic E-state index is 10.7. The summed E-state index contributed by atoms with van der Waals surface area (Å²) in [6.45, 7) is 0. The molecular formula is C12H14N4O2S. The summed E-state index contributed by atoms with van der Waals surface area (Å²) in [5.74, 6) is 0.444. The Morgan fingerprint density at radius 3 is 3.05 bits per heavy atom. The number of pyridine rings is 1. The van der Waals surface area contributed by atoms with Gasteiger partial charge in [-0.3, -0.25) is 10.1 Å². The third kappa shape index (κ3) is 2.96. The van der Waals surface area contributed by atoms with Crippen molar-refractivity contribution in [1.82, 2.24) is 4.98 Å². The lowest BCUT2D eigenvalue weighted by Gasteiger charge is -2.20. The zero-order chi connectivity index (χ0) is 13.8. The topological polar surface area (TPSA) is 91.8 Å². The number of rotatable bonds is 4. The first-order valence-electron chi connectivity index (χ1n) is 5.99. The van der Waals surface area contributed by atoms with Crippen LogP contribution >= 0.6 is 11.8 Å². The Bertz CT molecular complexity index is 529. The van der Waals surface area contributed by atoms with Crippen LogP contribution in [0.3, 0.4) is 0 Å². The number of thioether (sulfide) groups is 1. The van der Waals surface area contributed by atoms with E-state index in [0.717, 1.165) is 19.3 Å². The summed E-state index contributed by atoms with van der Waals surface area (Å²) in [4.78, 5) is 14.1. The summed E-state index contributed by atoms with van der Waals surface area (Å²) in [5, 5.41) is 23.5. The van der Waals surface area contributed by atoms with Crippen molar-refractivity contribution in [3.63, 3.8) is 0 Å². The summed E-state index contributed by atoms with van der Waals surface area (Å²) in [6.07, 6.45) is 6.59. The van der Waals surface area contributed by atoms with E-state index >= 15 is 0 Å². The molecule has 0 radical (unpaired) electrons. The van der Waals surface area contributed by atoms with Crippen LogP contribution in [0.1, 0.15) is 24.8 Å². The molecule has 0 spiro atoms. The summed E-state index contributed by atoms with van der Waals surface area (Å²) in [5.41, 5.74) is 0.0656. The van der Waals surface area contributed by atoms with Crippen LogP contribution in [-0.2, 0) is 0 Å². The van der Waals surface area contributed by atoms with Gasteiger partial charge in [-0.25, -0.2) is 4.98 Å². The van der Waals surface area contributed by atoms with E-state index in [1.807, 2.05) is 6.07 Å². The smallest absolute Gasteiger partial charge is 0.289 e. The van der Waals surface area contributed by atoms with Gasteiger partial charge in [-0.2, -0.15) is 17.0 Å². The average molecular weight is 278 g/mol. The largest absolute Gasteiger partial charge is 0.365 e. The van der Waals surface area contributed by atoms with Crippen molar-refractivity contribution >= 4 is 23.3 Å². The normalized spacial score (nSPS) is 21.9. The third-order valence-electron chi connectivity index (χ3n) is 3.28. The monoisotopic (exact) mass is 278 g/mol. The van der Waals surface area contributed by atoms with E-state index in [9.17, 15) is 10.1 Å². The van der Waals surface area contributed by atoms with E-state index in [4.69, 9.17) is 5.26 Å². The van der Waals surface area contributed by atoms with Crippen LogP contribution in [0.5, 0.6) is 0 Å². The van der Waals surface area contributed by atoms with Crippen LogP contribution in [0, 0.1) is 21.4 Å². The molecule has 1 fully saturated rings. The predicted octanol–water partition coefficient (Wildman–Crippen LogP) is 2.56. The van der Waals surface area contributed by atoms with Gasteiger partial charge in [-0.15, -0.1) is 0 Å². The van der Waals surface area contributed by atoms with Gasteiger partial charge in [0.2, 0.25) is 0 Å². The Morgan fingerprint density at radius 2 is 2.42 bits per heavy atom. The van der Waals surface area contributed by atoms with Gasteiger partial charge in [0.05, 0.1) is 4.92 Å². The molecule has 1 aromatic heterocycles. The first-order chi connectivity index (χ1) is 9.15. The zero-order valence-electron chi connectivity index (χ0n) is 10.5. The molecule has 0 bridgehead atoms. The summed E-state index contributed by atoms with van der Waals surface area (Å²) >= 11 is 1.80. The Balaban J connectivity index is 2.21. The number of anilines is 1. The SMILES string of the molecule is CSC1CCCC1Nc1ncc([N+](=O)[O-])cc1C#N. The summed E-state index contributed by atoms with van der Waals surface area (Å²) < 4.78 is 0. The molecule has 19 heavy (non-hydrogen) atoms. The van der Waals surface area contributed by atoms with Crippen LogP contribution < -0.4 is 5.32 Å². The molecule has 100 valence electrons.